The molecule has 2 aliphatic rings. The first-order valence-corrected chi connectivity index (χ1v) is 26.7. The summed E-state index contributed by atoms with van der Waals surface area (Å²) in [4.78, 5) is 85.9. The number of sulfonamides is 1. The van der Waals surface area contributed by atoms with Gasteiger partial charge in [0, 0.05) is 88.5 Å². The molecule has 0 saturated carbocycles. The molecule has 74 heavy (non-hydrogen) atoms. The number of primary amides is 1. The first kappa shape index (κ1) is 58.1. The Morgan fingerprint density at radius 3 is 2.27 bits per heavy atom. The number of nitrogens with two attached hydrogens (primary N) is 2. The number of hydrogen-bond donors (Lipinski definition) is 7. The number of aliphatic hydroxyl groups is 1. The van der Waals surface area contributed by atoms with E-state index in [1.54, 1.807) is 74.3 Å². The van der Waals surface area contributed by atoms with E-state index in [-0.39, 0.29) is 86.5 Å². The van der Waals surface area contributed by atoms with Crippen LogP contribution in [0.1, 0.15) is 90.7 Å². The van der Waals surface area contributed by atoms with Gasteiger partial charge in [-0.25, -0.2) is 23.0 Å². The van der Waals surface area contributed by atoms with Crippen LogP contribution in [-0.2, 0) is 40.5 Å². The minimum absolute atomic E-state index is 0.0531. The van der Waals surface area contributed by atoms with Crippen LogP contribution in [0.2, 0.25) is 0 Å². The third kappa shape index (κ3) is 16.9. The molecule has 0 bridgehead atoms. The molecule has 0 aromatic heterocycles. The number of hydrogen-bond acceptors (Lipinski definition) is 12. The second-order valence-corrected chi connectivity index (χ2v) is 21.6. The summed E-state index contributed by atoms with van der Waals surface area (Å²) < 4.78 is 33.4. The molecule has 20 nitrogen and oxygen atoms in total. The number of carbonyl (C=O) groups is 6. The fourth-order valence-electron chi connectivity index (χ4n) is 8.32. The Labute approximate surface area is 434 Å². The van der Waals surface area contributed by atoms with Crippen molar-refractivity contribution in [2.24, 2.45) is 34.2 Å². The summed E-state index contributed by atoms with van der Waals surface area (Å²) in [5, 5.41) is 20.3. The largest absolute Gasteiger partial charge is 0.445 e. The minimum atomic E-state index is -3.72. The first-order chi connectivity index (χ1) is 35.2. The highest BCUT2D eigenvalue weighted by Crippen LogP contribution is 2.34. The Balaban J connectivity index is 1.13. The molecule has 9 N–H and O–H groups in total. The molecule has 1 saturated heterocycles. The maximum atomic E-state index is 14.1. The fraction of sp³-hybridized carbons (Fsp3) is 0.491. The molecule has 2 heterocycles. The van der Waals surface area contributed by atoms with Crippen molar-refractivity contribution in [2.45, 2.75) is 103 Å². The van der Waals surface area contributed by atoms with Crippen LogP contribution in [0.15, 0.2) is 82.2 Å². The van der Waals surface area contributed by atoms with Gasteiger partial charge >= 0.3 is 12.1 Å². The molecule has 0 spiro atoms. The van der Waals surface area contributed by atoms with Crippen LogP contribution in [0.3, 0.4) is 0 Å². The number of carbonyl (C=O) groups excluding carboxylic acids is 6. The number of aliphatic hydroxyl groups excluding tert-OH is 1. The second kappa shape index (κ2) is 27.4. The fourth-order valence-corrected chi connectivity index (χ4v) is 9.96. The van der Waals surface area contributed by atoms with Crippen molar-refractivity contribution in [1.29, 1.82) is 0 Å². The Kier molecular flexibility index (Phi) is 21.5. The van der Waals surface area contributed by atoms with Crippen LogP contribution < -0.4 is 32.7 Å². The van der Waals surface area contributed by atoms with E-state index in [4.69, 9.17) is 16.2 Å². The zero-order valence-corrected chi connectivity index (χ0v) is 44.2. The van der Waals surface area contributed by atoms with Gasteiger partial charge in [0.05, 0.1) is 10.6 Å². The topological polar surface area (TPSA) is 288 Å². The number of aliphatic imine (C=N–C) groups is 1. The molecule has 5 rings (SSSR count). The smallest absolute Gasteiger partial charge is 0.409 e. The molecule has 1 unspecified atom stereocenters. The minimum Gasteiger partial charge on any atom is -0.445 e. The molecule has 7 amide bonds. The number of urea groups is 1. The molecule has 2 atom stereocenters. The first-order valence-electron chi connectivity index (χ1n) is 25.3. The SMILES string of the molecule is CCCN(CCCN(C)C(=O)OCc1ccc(NC(=O)[C@H](CCCNC(N)=O)NC(=O)C(NC(=O)CCC(C)C)C(C)C)cc1)C(=O)C1=Cc2ccc(-c3cccc(S(=O)(=O)N4CC(CO)C4)c3)cc2N=C(N)C1. The summed E-state index contributed by atoms with van der Waals surface area (Å²) in [6.45, 7) is 11.3. The lowest BCUT2D eigenvalue weighted by Gasteiger charge is -2.36. The van der Waals surface area contributed by atoms with Gasteiger partial charge in [0.15, 0.2) is 0 Å². The Morgan fingerprint density at radius 2 is 1.61 bits per heavy atom. The predicted octanol–water partition coefficient (Wildman–Crippen LogP) is 5.09. The summed E-state index contributed by atoms with van der Waals surface area (Å²) in [5.41, 5.74) is 15.7. The third-order valence-electron chi connectivity index (χ3n) is 12.7. The average molecular weight is 1040 g/mol. The van der Waals surface area contributed by atoms with Crippen molar-refractivity contribution < 1.29 is 47.0 Å². The highest BCUT2D eigenvalue weighted by molar-refractivity contribution is 7.89. The van der Waals surface area contributed by atoms with E-state index in [2.05, 4.69) is 26.3 Å². The van der Waals surface area contributed by atoms with Crippen LogP contribution >= 0.6 is 0 Å². The molecule has 402 valence electrons. The highest BCUT2D eigenvalue weighted by atomic mass is 32.2. The highest BCUT2D eigenvalue weighted by Gasteiger charge is 2.36. The number of benzene rings is 3. The van der Waals surface area contributed by atoms with Crippen LogP contribution in [0.5, 0.6) is 0 Å². The molecule has 0 aliphatic carbocycles. The molecule has 0 radical (unpaired) electrons. The summed E-state index contributed by atoms with van der Waals surface area (Å²) in [6, 6.07) is 16.3. The Bertz CT molecular complexity index is 2630. The maximum Gasteiger partial charge on any atom is 0.409 e. The molecule has 1 fully saturated rings. The van der Waals surface area contributed by atoms with Crippen molar-refractivity contribution >= 4 is 69.1 Å². The number of anilines is 1. The zero-order chi connectivity index (χ0) is 54.1. The third-order valence-corrected chi connectivity index (χ3v) is 14.5. The second-order valence-electron chi connectivity index (χ2n) is 19.6. The number of rotatable bonds is 26. The molecule has 21 heteroatoms. The molecular formula is C53H74N10O10S. The normalized spacial score (nSPS) is 14.6. The lowest BCUT2D eigenvalue weighted by molar-refractivity contribution is -0.132. The summed E-state index contributed by atoms with van der Waals surface area (Å²) in [7, 11) is -2.11. The standard InChI is InChI=1S/C53H74N10O10S/c1-7-23-62(51(68)41-26-40-18-17-39(28-45(40)58-46(54)29-41)38-11-8-12-43(27-38)74(71,72)63-30-37(31-63)32-64)25-10-24-61(6)53(70)73-33-36-15-19-42(20-16-36)57-49(66)44(13-9-22-56-52(55)69)59-50(67)48(35(4)5)60-47(65)21-14-34(2)3/h8,11-12,15-20,26-28,34-35,37,44,48,64H,7,9-10,13-14,21-25,29-33H2,1-6H3,(H2,54,58)(H,57,66)(H,59,67)(H,60,65)(H3,55,56,69)/t44-,48?/m0/s1. The monoisotopic (exact) mass is 1040 g/mol. The molecule has 3 aromatic carbocycles. The Hall–Kier alpha value is -6.84. The van der Waals surface area contributed by atoms with E-state index < -0.39 is 46.0 Å². The van der Waals surface area contributed by atoms with Gasteiger partial charge in [-0.1, -0.05) is 71.0 Å². The molecule has 2 aliphatic heterocycles. The van der Waals surface area contributed by atoms with E-state index in [1.165, 1.54) is 9.21 Å². The van der Waals surface area contributed by atoms with Gasteiger partial charge in [-0.3, -0.25) is 19.2 Å². The molecule has 3 aromatic rings. The van der Waals surface area contributed by atoms with Gasteiger partial charge in [-0.05, 0) is 97.0 Å². The van der Waals surface area contributed by atoms with Crippen LogP contribution in [0.25, 0.3) is 17.2 Å². The van der Waals surface area contributed by atoms with Crippen molar-refractivity contribution in [2.75, 3.05) is 58.2 Å². The summed E-state index contributed by atoms with van der Waals surface area (Å²) in [6.07, 6.45) is 3.94. The number of amidine groups is 1. The van der Waals surface area contributed by atoms with Gasteiger partial charge in [-0.2, -0.15) is 4.31 Å². The quantitative estimate of drug-likeness (QED) is 0.0520. The van der Waals surface area contributed by atoms with E-state index in [9.17, 15) is 42.3 Å². The van der Waals surface area contributed by atoms with Crippen molar-refractivity contribution in [3.63, 3.8) is 0 Å². The number of ether oxygens (including phenoxy) is 1. The van der Waals surface area contributed by atoms with Gasteiger partial charge in [-0.15, -0.1) is 0 Å². The summed E-state index contributed by atoms with van der Waals surface area (Å²) >= 11 is 0. The van der Waals surface area contributed by atoms with Gasteiger partial charge in [0.2, 0.25) is 33.7 Å². The Morgan fingerprint density at radius 1 is 0.892 bits per heavy atom. The zero-order valence-electron chi connectivity index (χ0n) is 43.4. The lowest BCUT2D eigenvalue weighted by atomic mass is 10.0. The van der Waals surface area contributed by atoms with Crippen molar-refractivity contribution in [1.82, 2.24) is 30.1 Å². The molecular weight excluding hydrogens is 969 g/mol. The van der Waals surface area contributed by atoms with Crippen LogP contribution in [-0.4, -0.2) is 134 Å². The van der Waals surface area contributed by atoms with E-state index in [0.717, 1.165) is 5.56 Å². The number of fused-ring (bicyclic) bond motifs is 1. The number of amides is 7. The van der Waals surface area contributed by atoms with E-state index >= 15 is 0 Å². The van der Waals surface area contributed by atoms with E-state index in [0.29, 0.717) is 84.9 Å². The average Bonchev–Trinajstić information content (AvgIpc) is 3.51. The predicted molar refractivity (Wildman–Crippen MR) is 284 cm³/mol. The number of nitrogens with one attached hydrogen (secondary N) is 4. The van der Waals surface area contributed by atoms with Gasteiger partial charge in [0.1, 0.15) is 24.5 Å². The lowest BCUT2D eigenvalue weighted by Crippen LogP contribution is -2.54. The van der Waals surface area contributed by atoms with Crippen LogP contribution in [0, 0.1) is 17.8 Å². The van der Waals surface area contributed by atoms with Gasteiger partial charge in [0.25, 0.3) is 0 Å². The maximum absolute atomic E-state index is 14.1. The van der Waals surface area contributed by atoms with Crippen molar-refractivity contribution in [3.8, 4) is 11.1 Å². The van der Waals surface area contributed by atoms with Crippen molar-refractivity contribution in [3.05, 3.63) is 83.4 Å². The summed E-state index contributed by atoms with van der Waals surface area (Å²) in [5.74, 6) is -1.22. The number of nitrogens with zero attached hydrogens (tertiary/aromatic N) is 4. The van der Waals surface area contributed by atoms with E-state index in [1.807, 2.05) is 45.0 Å². The van der Waals surface area contributed by atoms with Crippen LogP contribution in [0.4, 0.5) is 21.0 Å². The van der Waals surface area contributed by atoms with Gasteiger partial charge < -0.3 is 52.4 Å².